The Morgan fingerprint density at radius 2 is 0.262 bits per heavy atom. The summed E-state index contributed by atoms with van der Waals surface area (Å²) in [5.74, 6) is 10.1. The SMILES string of the molecule is C.C.C.C.C.CC(C)CCC(CCC(C)C)(CCC(C)C)CC(C)C.CC(C)CCC(CCC(C)C)(CCC(C)C)CC(C)C.CC(C)CCC(CCC(C)C)(CCC(C)C)CC(C)C. The van der Waals surface area contributed by atoms with Crippen molar-refractivity contribution in [3.63, 3.8) is 0 Å². The normalized spacial score (nSPS) is 12.2. The van der Waals surface area contributed by atoms with Gasteiger partial charge in [-0.15, -0.1) is 0 Å². The number of hydrogen-bond donors (Lipinski definition) is 0. The van der Waals surface area contributed by atoms with Gasteiger partial charge in [0, 0.05) is 0 Å². The zero-order valence-electron chi connectivity index (χ0n) is 47.3. The van der Waals surface area contributed by atoms with Crippen LogP contribution in [0.25, 0.3) is 0 Å². The van der Waals surface area contributed by atoms with Crippen molar-refractivity contribution in [1.29, 1.82) is 0 Å². The zero-order chi connectivity index (χ0) is 47.3. The maximum Gasteiger partial charge on any atom is -0.0295 e. The molecule has 0 N–H and O–H groups in total. The van der Waals surface area contributed by atoms with Crippen molar-refractivity contribution in [2.75, 3.05) is 0 Å². The van der Waals surface area contributed by atoms with Crippen LogP contribution in [0.1, 0.15) is 338 Å². The van der Waals surface area contributed by atoms with Gasteiger partial charge in [0.1, 0.15) is 0 Å². The molecule has 0 aromatic heterocycles. The Labute approximate surface area is 423 Å². The molecule has 406 valence electrons. The average Bonchev–Trinajstić information content (AvgIpc) is 3.09. The minimum Gasteiger partial charge on any atom is -0.0776 e. The van der Waals surface area contributed by atoms with Gasteiger partial charge >= 0.3 is 0 Å². The summed E-state index contributed by atoms with van der Waals surface area (Å²) >= 11 is 0. The van der Waals surface area contributed by atoms with E-state index in [1.54, 1.807) is 0 Å². The highest BCUT2D eigenvalue weighted by atomic mass is 14.4. The Morgan fingerprint density at radius 3 is 0.323 bits per heavy atom. The third kappa shape index (κ3) is 51.7. The van der Waals surface area contributed by atoms with E-state index in [1.165, 1.54) is 135 Å². The summed E-state index contributed by atoms with van der Waals surface area (Å²) in [5.41, 5.74) is 1.85. The highest BCUT2D eigenvalue weighted by Gasteiger charge is 2.33. The summed E-state index contributed by atoms with van der Waals surface area (Å²) in [7, 11) is 0. The molecular weight excluding hydrogens is 781 g/mol. The lowest BCUT2D eigenvalue weighted by molar-refractivity contribution is 0.140. The van der Waals surface area contributed by atoms with Crippen LogP contribution in [0.4, 0.5) is 0 Å². The fourth-order valence-electron chi connectivity index (χ4n) is 10.00. The molecule has 0 unspecified atom stereocenters. The molecule has 0 saturated heterocycles. The van der Waals surface area contributed by atoms with Crippen LogP contribution in [0, 0.1) is 87.3 Å². The van der Waals surface area contributed by atoms with E-state index in [4.69, 9.17) is 0 Å². The smallest absolute Gasteiger partial charge is 0.0295 e. The Bertz CT molecular complexity index is 692. The predicted octanol–water partition coefficient (Wildman–Crippen LogP) is 25.2. The molecular formula is C65H146. The monoisotopic (exact) mass is 927 g/mol. The van der Waals surface area contributed by atoms with Crippen molar-refractivity contribution < 1.29 is 0 Å². The van der Waals surface area contributed by atoms with Crippen molar-refractivity contribution in [3.05, 3.63) is 0 Å². The fraction of sp³-hybridized carbons (Fsp3) is 1.00. The van der Waals surface area contributed by atoms with Crippen molar-refractivity contribution in [1.82, 2.24) is 0 Å². The second-order valence-electron chi connectivity index (χ2n) is 26.7. The summed E-state index contributed by atoms with van der Waals surface area (Å²) in [5, 5.41) is 0. The first-order valence-corrected chi connectivity index (χ1v) is 27.5. The lowest BCUT2D eigenvalue weighted by atomic mass is 9.68. The van der Waals surface area contributed by atoms with Gasteiger partial charge in [0.05, 0.1) is 0 Å². The van der Waals surface area contributed by atoms with Crippen LogP contribution in [0.2, 0.25) is 0 Å². The molecule has 0 aromatic rings. The van der Waals surface area contributed by atoms with Gasteiger partial charge in [-0.3, -0.25) is 0 Å². The van der Waals surface area contributed by atoms with Gasteiger partial charge in [0.15, 0.2) is 0 Å². The van der Waals surface area contributed by atoms with E-state index in [-0.39, 0.29) is 37.1 Å². The molecule has 0 amide bonds. The quantitative estimate of drug-likeness (QED) is 0.0615. The maximum atomic E-state index is 2.41. The second kappa shape index (κ2) is 45.2. The molecule has 0 fully saturated rings. The third-order valence-corrected chi connectivity index (χ3v) is 13.8. The highest BCUT2D eigenvalue weighted by Crippen LogP contribution is 2.46. The number of hydrogen-bond acceptors (Lipinski definition) is 0. The molecule has 0 bridgehead atoms. The van der Waals surface area contributed by atoms with E-state index >= 15 is 0 Å². The molecule has 0 spiro atoms. The summed E-state index contributed by atoms with van der Waals surface area (Å²) in [6.45, 7) is 57.3. The van der Waals surface area contributed by atoms with Gasteiger partial charge in [-0.25, -0.2) is 0 Å². The minimum absolute atomic E-state index is 0. The van der Waals surface area contributed by atoms with Gasteiger partial charge in [0.2, 0.25) is 0 Å². The van der Waals surface area contributed by atoms with Gasteiger partial charge in [-0.05, 0) is 164 Å². The van der Waals surface area contributed by atoms with Gasteiger partial charge in [-0.2, -0.15) is 0 Å². The van der Waals surface area contributed by atoms with Gasteiger partial charge in [-0.1, -0.05) is 261 Å². The molecule has 65 heavy (non-hydrogen) atoms. The molecule has 0 aliphatic carbocycles. The molecule has 0 aliphatic heterocycles. The largest absolute Gasteiger partial charge is 0.0776 e. The maximum absolute atomic E-state index is 2.41. The first kappa shape index (κ1) is 81.9. The van der Waals surface area contributed by atoms with Gasteiger partial charge in [0.25, 0.3) is 0 Å². The van der Waals surface area contributed by atoms with Crippen LogP contribution in [0.3, 0.4) is 0 Å². The minimum atomic E-state index is 0. The van der Waals surface area contributed by atoms with Crippen LogP contribution in [0.5, 0.6) is 0 Å². The summed E-state index contributed by atoms with van der Waals surface area (Å²) in [6, 6.07) is 0. The molecule has 0 aromatic carbocycles. The Hall–Kier alpha value is 0. The zero-order valence-corrected chi connectivity index (χ0v) is 47.3. The van der Waals surface area contributed by atoms with Gasteiger partial charge < -0.3 is 0 Å². The van der Waals surface area contributed by atoms with E-state index in [0.717, 1.165) is 71.0 Å². The summed E-state index contributed by atoms with van der Waals surface area (Å²) in [4.78, 5) is 0. The molecule has 0 rings (SSSR count). The Balaban J connectivity index is -0.000000120. The number of rotatable bonds is 33. The van der Waals surface area contributed by atoms with Crippen LogP contribution in [0.15, 0.2) is 0 Å². The van der Waals surface area contributed by atoms with Crippen LogP contribution in [-0.2, 0) is 0 Å². The highest BCUT2D eigenvalue weighted by molar-refractivity contribution is 4.85. The summed E-state index contributed by atoms with van der Waals surface area (Å²) < 4.78 is 0. The molecule has 0 saturated carbocycles. The molecule has 0 aliphatic rings. The van der Waals surface area contributed by atoms with Crippen molar-refractivity contribution in [2.24, 2.45) is 87.3 Å². The van der Waals surface area contributed by atoms with Crippen molar-refractivity contribution in [2.45, 2.75) is 338 Å². The fourth-order valence-corrected chi connectivity index (χ4v) is 10.00. The van der Waals surface area contributed by atoms with Crippen molar-refractivity contribution >= 4 is 0 Å². The van der Waals surface area contributed by atoms with Crippen molar-refractivity contribution in [3.8, 4) is 0 Å². The van der Waals surface area contributed by atoms with E-state index in [1.807, 2.05) is 0 Å². The van der Waals surface area contributed by atoms with E-state index in [9.17, 15) is 0 Å². The van der Waals surface area contributed by atoms with Crippen LogP contribution >= 0.6 is 0 Å². The lowest BCUT2D eigenvalue weighted by Crippen LogP contribution is -2.25. The first-order valence-electron chi connectivity index (χ1n) is 27.5. The topological polar surface area (TPSA) is 0 Å². The standard InChI is InChI=1S/3C20H42.5CH4/c3*1-16(2)9-12-20(15-19(7)8,13-10-17(3)4)14-11-18(5)6;;;;;/h3*16-19H,9-15H2,1-8H3;5*1H4. The van der Waals surface area contributed by atoms with Crippen LogP contribution < -0.4 is 0 Å². The predicted molar refractivity (Wildman–Crippen MR) is 316 cm³/mol. The van der Waals surface area contributed by atoms with Crippen LogP contribution in [-0.4, -0.2) is 0 Å². The summed E-state index contributed by atoms with van der Waals surface area (Å²) in [6.07, 6.45) is 30.0. The Kier molecular flexibility index (Phi) is 56.9. The first-order chi connectivity index (χ1) is 27.5. The molecule has 0 atom stereocenters. The van der Waals surface area contributed by atoms with E-state index in [2.05, 4.69) is 166 Å². The van der Waals surface area contributed by atoms with E-state index in [0.29, 0.717) is 16.2 Å². The molecule has 0 nitrogen and oxygen atoms in total. The second-order valence-corrected chi connectivity index (χ2v) is 26.7. The Morgan fingerprint density at radius 1 is 0.169 bits per heavy atom. The third-order valence-electron chi connectivity index (χ3n) is 13.8. The molecule has 0 heterocycles. The molecule has 0 radical (unpaired) electrons. The average molecular weight is 928 g/mol. The molecule has 0 heteroatoms. The lowest BCUT2D eigenvalue weighted by Gasteiger charge is -2.38. The van der Waals surface area contributed by atoms with E-state index < -0.39 is 0 Å².